The van der Waals surface area contributed by atoms with E-state index >= 15 is 0 Å². The van der Waals surface area contributed by atoms with Crippen molar-refractivity contribution in [2.45, 2.75) is 33.7 Å². The zero-order valence-corrected chi connectivity index (χ0v) is 16.5. The first-order valence-corrected chi connectivity index (χ1v) is 9.48. The summed E-state index contributed by atoms with van der Waals surface area (Å²) in [5.41, 5.74) is 3.28. The van der Waals surface area contributed by atoms with Crippen molar-refractivity contribution in [1.82, 2.24) is 15.0 Å². The number of carbonyl (C=O) groups is 1. The fourth-order valence-electron chi connectivity index (χ4n) is 2.74. The summed E-state index contributed by atoms with van der Waals surface area (Å²) in [5.74, 6) is 1.47. The predicted octanol–water partition coefficient (Wildman–Crippen LogP) is 4.03. The SMILES string of the molecule is CCc1ccc(OCC(=O)N(CC)Cc2nc(-c3ccc(C)cc3)no2)cc1. The van der Waals surface area contributed by atoms with E-state index in [1.807, 2.05) is 62.4 Å². The van der Waals surface area contributed by atoms with Crippen molar-refractivity contribution >= 4 is 5.91 Å². The van der Waals surface area contributed by atoms with Crippen molar-refractivity contribution in [2.24, 2.45) is 0 Å². The van der Waals surface area contributed by atoms with Gasteiger partial charge in [0.25, 0.3) is 5.91 Å². The number of likely N-dealkylation sites (N-methyl/N-ethyl adjacent to an activating group) is 1. The molecule has 6 heteroatoms. The second-order valence-electron chi connectivity index (χ2n) is 6.57. The van der Waals surface area contributed by atoms with Gasteiger partial charge in [-0.2, -0.15) is 4.98 Å². The molecule has 0 saturated carbocycles. The van der Waals surface area contributed by atoms with Crippen molar-refractivity contribution in [1.29, 1.82) is 0 Å². The van der Waals surface area contributed by atoms with Gasteiger partial charge in [0.05, 0.1) is 0 Å². The van der Waals surface area contributed by atoms with Gasteiger partial charge in [-0.1, -0.05) is 54.0 Å². The lowest BCUT2D eigenvalue weighted by Gasteiger charge is -2.19. The van der Waals surface area contributed by atoms with E-state index in [4.69, 9.17) is 9.26 Å². The van der Waals surface area contributed by atoms with Gasteiger partial charge in [-0.15, -0.1) is 0 Å². The monoisotopic (exact) mass is 379 g/mol. The van der Waals surface area contributed by atoms with Gasteiger partial charge in [0.15, 0.2) is 6.61 Å². The molecule has 28 heavy (non-hydrogen) atoms. The smallest absolute Gasteiger partial charge is 0.260 e. The van der Waals surface area contributed by atoms with Crippen LogP contribution in [0.15, 0.2) is 53.1 Å². The van der Waals surface area contributed by atoms with Gasteiger partial charge in [-0.25, -0.2) is 0 Å². The maximum Gasteiger partial charge on any atom is 0.260 e. The van der Waals surface area contributed by atoms with Crippen molar-refractivity contribution in [3.8, 4) is 17.1 Å². The van der Waals surface area contributed by atoms with E-state index < -0.39 is 0 Å². The Morgan fingerprint density at radius 2 is 1.79 bits per heavy atom. The Bertz CT molecular complexity index is 902. The summed E-state index contributed by atoms with van der Waals surface area (Å²) in [4.78, 5) is 18.5. The van der Waals surface area contributed by atoms with Crippen molar-refractivity contribution in [3.63, 3.8) is 0 Å². The van der Waals surface area contributed by atoms with E-state index in [0.29, 0.717) is 24.0 Å². The standard InChI is InChI=1S/C22H25N3O3/c1-4-17-8-12-19(13-9-17)27-15-21(26)25(5-2)14-20-23-22(24-28-20)18-10-6-16(3)7-11-18/h6-13H,4-5,14-15H2,1-3H3. The average molecular weight is 379 g/mol. The Balaban J connectivity index is 1.58. The van der Waals surface area contributed by atoms with E-state index in [9.17, 15) is 4.79 Å². The van der Waals surface area contributed by atoms with Crippen molar-refractivity contribution < 1.29 is 14.1 Å². The molecule has 0 aliphatic carbocycles. The molecule has 0 fully saturated rings. The third-order valence-corrected chi connectivity index (χ3v) is 4.53. The number of hydrogen-bond acceptors (Lipinski definition) is 5. The highest BCUT2D eigenvalue weighted by atomic mass is 16.5. The second kappa shape index (κ2) is 9.17. The fourth-order valence-corrected chi connectivity index (χ4v) is 2.74. The molecular formula is C22H25N3O3. The number of aryl methyl sites for hydroxylation is 2. The zero-order valence-electron chi connectivity index (χ0n) is 16.5. The van der Waals surface area contributed by atoms with Crippen molar-refractivity contribution in [2.75, 3.05) is 13.2 Å². The van der Waals surface area contributed by atoms with Gasteiger partial charge >= 0.3 is 0 Å². The lowest BCUT2D eigenvalue weighted by molar-refractivity contribution is -0.134. The van der Waals surface area contributed by atoms with Gasteiger partial charge in [-0.05, 0) is 38.0 Å². The molecule has 0 radical (unpaired) electrons. The molecule has 1 heterocycles. The van der Waals surface area contributed by atoms with Crippen LogP contribution in [0.5, 0.6) is 5.75 Å². The molecule has 3 rings (SSSR count). The fraction of sp³-hybridized carbons (Fsp3) is 0.318. The van der Waals surface area contributed by atoms with Crippen molar-refractivity contribution in [3.05, 3.63) is 65.5 Å². The number of aromatic nitrogens is 2. The molecule has 1 amide bonds. The predicted molar refractivity (Wildman–Crippen MR) is 107 cm³/mol. The Labute approximate surface area is 165 Å². The van der Waals surface area contributed by atoms with E-state index in [0.717, 1.165) is 12.0 Å². The largest absolute Gasteiger partial charge is 0.484 e. The normalized spacial score (nSPS) is 10.7. The molecule has 0 bridgehead atoms. The molecule has 0 unspecified atom stereocenters. The van der Waals surface area contributed by atoms with Crippen LogP contribution in [0.1, 0.15) is 30.9 Å². The summed E-state index contributed by atoms with van der Waals surface area (Å²) in [7, 11) is 0. The first-order chi connectivity index (χ1) is 13.6. The van der Waals surface area contributed by atoms with E-state index in [1.165, 1.54) is 11.1 Å². The lowest BCUT2D eigenvalue weighted by atomic mass is 10.1. The van der Waals surface area contributed by atoms with Crippen LogP contribution in [-0.2, 0) is 17.8 Å². The number of ether oxygens (including phenoxy) is 1. The quantitative estimate of drug-likeness (QED) is 0.591. The third-order valence-electron chi connectivity index (χ3n) is 4.53. The van der Waals surface area contributed by atoms with E-state index in [2.05, 4.69) is 17.1 Å². The van der Waals surface area contributed by atoms with Crippen LogP contribution in [0.2, 0.25) is 0 Å². The molecule has 0 aliphatic heterocycles. The van der Waals surface area contributed by atoms with Crippen LogP contribution < -0.4 is 4.74 Å². The first kappa shape index (κ1) is 19.6. The number of rotatable bonds is 8. The Hall–Kier alpha value is -3.15. The molecular weight excluding hydrogens is 354 g/mol. The van der Waals surface area contributed by atoms with Gasteiger partial charge in [0, 0.05) is 12.1 Å². The summed E-state index contributed by atoms with van der Waals surface area (Å²) in [6, 6.07) is 15.7. The molecule has 0 atom stereocenters. The summed E-state index contributed by atoms with van der Waals surface area (Å²) < 4.78 is 10.9. The van der Waals surface area contributed by atoms with Crippen LogP contribution in [0.3, 0.4) is 0 Å². The molecule has 2 aromatic carbocycles. The van der Waals surface area contributed by atoms with Crippen LogP contribution in [0.4, 0.5) is 0 Å². The number of carbonyl (C=O) groups excluding carboxylic acids is 1. The maximum absolute atomic E-state index is 12.5. The molecule has 3 aromatic rings. The van der Waals surface area contributed by atoms with Crippen LogP contribution >= 0.6 is 0 Å². The van der Waals surface area contributed by atoms with Gasteiger partial charge in [-0.3, -0.25) is 4.79 Å². The Morgan fingerprint density at radius 3 is 2.43 bits per heavy atom. The third kappa shape index (κ3) is 4.97. The van der Waals surface area contributed by atoms with Crippen LogP contribution in [-0.4, -0.2) is 34.1 Å². The topological polar surface area (TPSA) is 68.5 Å². The minimum atomic E-state index is -0.128. The second-order valence-corrected chi connectivity index (χ2v) is 6.57. The zero-order chi connectivity index (χ0) is 19.9. The minimum Gasteiger partial charge on any atom is -0.484 e. The molecule has 0 aliphatic rings. The number of hydrogen-bond donors (Lipinski definition) is 0. The summed E-state index contributed by atoms with van der Waals surface area (Å²) in [6.45, 7) is 6.78. The first-order valence-electron chi connectivity index (χ1n) is 9.48. The maximum atomic E-state index is 12.5. The van der Waals surface area contributed by atoms with Gasteiger partial charge in [0.1, 0.15) is 12.3 Å². The van der Waals surface area contributed by atoms with Gasteiger partial charge < -0.3 is 14.2 Å². The highest BCUT2D eigenvalue weighted by molar-refractivity contribution is 5.77. The van der Waals surface area contributed by atoms with Crippen LogP contribution in [0, 0.1) is 6.92 Å². The number of nitrogens with zero attached hydrogens (tertiary/aromatic N) is 3. The molecule has 146 valence electrons. The highest BCUT2D eigenvalue weighted by Crippen LogP contribution is 2.17. The summed E-state index contributed by atoms with van der Waals surface area (Å²) in [6.07, 6.45) is 0.970. The Kier molecular flexibility index (Phi) is 6.42. The van der Waals surface area contributed by atoms with Gasteiger partial charge in [0.2, 0.25) is 11.7 Å². The lowest BCUT2D eigenvalue weighted by Crippen LogP contribution is -2.34. The molecule has 0 saturated heterocycles. The van der Waals surface area contributed by atoms with Crippen LogP contribution in [0.25, 0.3) is 11.4 Å². The molecule has 1 aromatic heterocycles. The van der Waals surface area contributed by atoms with E-state index in [1.54, 1.807) is 4.90 Å². The molecule has 6 nitrogen and oxygen atoms in total. The summed E-state index contributed by atoms with van der Waals surface area (Å²) in [5, 5.41) is 4.02. The minimum absolute atomic E-state index is 0.0295. The molecule has 0 spiro atoms. The average Bonchev–Trinajstić information content (AvgIpc) is 3.19. The Morgan fingerprint density at radius 1 is 1.07 bits per heavy atom. The van der Waals surface area contributed by atoms with E-state index in [-0.39, 0.29) is 19.1 Å². The molecule has 0 N–H and O–H groups in total. The number of amides is 1. The highest BCUT2D eigenvalue weighted by Gasteiger charge is 2.17. The summed E-state index contributed by atoms with van der Waals surface area (Å²) >= 11 is 0. The number of benzene rings is 2.